The lowest BCUT2D eigenvalue weighted by atomic mass is 9.87. The van der Waals surface area contributed by atoms with E-state index in [1.807, 2.05) is 6.07 Å². The van der Waals surface area contributed by atoms with E-state index in [9.17, 15) is 0 Å². The molecule has 0 fully saturated rings. The van der Waals surface area contributed by atoms with Gasteiger partial charge in [-0.15, -0.1) is 10.2 Å². The highest BCUT2D eigenvalue weighted by atomic mass is 32.2. The molecule has 0 aliphatic heterocycles. The normalized spacial score (nSPS) is 12.9. The Hall–Kier alpha value is -2.11. The molecule has 1 unspecified atom stereocenters. The van der Waals surface area contributed by atoms with Crippen molar-refractivity contribution in [2.75, 3.05) is 0 Å². The molecule has 0 radical (unpaired) electrons. The molecule has 3 rings (SSSR count). The van der Waals surface area contributed by atoms with Crippen LogP contribution in [-0.2, 0) is 17.7 Å². The lowest BCUT2D eigenvalue weighted by Gasteiger charge is -2.19. The van der Waals surface area contributed by atoms with E-state index in [2.05, 4.69) is 91.0 Å². The number of hydrogen-bond donors (Lipinski definition) is 1. The molecule has 0 aliphatic rings. The van der Waals surface area contributed by atoms with Gasteiger partial charge in [0.1, 0.15) is 0 Å². The zero-order chi connectivity index (χ0) is 20.9. The largest absolute Gasteiger partial charge is 0.321 e. The Kier molecular flexibility index (Phi) is 7.14. The van der Waals surface area contributed by atoms with E-state index in [-0.39, 0.29) is 11.5 Å². The van der Waals surface area contributed by atoms with E-state index in [0.717, 1.165) is 36.1 Å². The minimum absolute atomic E-state index is 0.0865. The van der Waals surface area contributed by atoms with Gasteiger partial charge in [0.15, 0.2) is 11.0 Å². The van der Waals surface area contributed by atoms with Gasteiger partial charge >= 0.3 is 0 Å². The smallest absolute Gasteiger partial charge is 0.191 e. The Bertz CT molecular complexity index is 895. The van der Waals surface area contributed by atoms with Crippen LogP contribution in [0.1, 0.15) is 69.1 Å². The van der Waals surface area contributed by atoms with Crippen molar-refractivity contribution in [3.8, 4) is 0 Å². The third-order valence-electron chi connectivity index (χ3n) is 5.05. The Morgan fingerprint density at radius 3 is 2.28 bits per heavy atom. The minimum atomic E-state index is -0.0865. The number of nitrogens with zero attached hydrogens (tertiary/aromatic N) is 3. The number of rotatable bonds is 8. The molecule has 5 heteroatoms. The molecular formula is C24H32N4S. The molecule has 0 amide bonds. The highest BCUT2D eigenvalue weighted by Crippen LogP contribution is 2.27. The third kappa shape index (κ3) is 5.71. The number of hydrogen-bond acceptors (Lipinski definition) is 4. The summed E-state index contributed by atoms with van der Waals surface area (Å²) in [4.78, 5) is 0. The number of benzene rings is 2. The molecule has 0 aliphatic carbocycles. The molecule has 0 saturated carbocycles. The zero-order valence-electron chi connectivity index (χ0n) is 17.9. The molecule has 2 N–H and O–H groups in total. The second kappa shape index (κ2) is 9.59. The standard InChI is InChI=1S/C24H32N4S/c1-5-9-21(25)22-26-27-23(28(22)16-18-10-7-6-8-11-18)29-17-19-12-14-20(15-13-19)24(2,3)4/h6-8,10-15,21H,5,9,16-17,25H2,1-4H3. The fraction of sp³-hybridized carbons (Fsp3) is 0.417. The fourth-order valence-electron chi connectivity index (χ4n) is 3.28. The summed E-state index contributed by atoms with van der Waals surface area (Å²) in [6.45, 7) is 9.61. The maximum Gasteiger partial charge on any atom is 0.191 e. The van der Waals surface area contributed by atoms with Gasteiger partial charge < -0.3 is 10.3 Å². The first kappa shape index (κ1) is 21.6. The summed E-state index contributed by atoms with van der Waals surface area (Å²) in [6, 6.07) is 19.2. The van der Waals surface area contributed by atoms with Crippen LogP contribution in [0.15, 0.2) is 59.8 Å². The zero-order valence-corrected chi connectivity index (χ0v) is 18.7. The molecule has 4 nitrogen and oxygen atoms in total. The molecule has 2 aromatic carbocycles. The van der Waals surface area contributed by atoms with Crippen molar-refractivity contribution in [2.45, 2.75) is 69.4 Å². The van der Waals surface area contributed by atoms with Gasteiger partial charge in [-0.25, -0.2) is 0 Å². The van der Waals surface area contributed by atoms with Crippen molar-refractivity contribution in [3.05, 3.63) is 77.1 Å². The first-order chi connectivity index (χ1) is 13.9. The fourth-order valence-corrected chi connectivity index (χ4v) is 4.19. The van der Waals surface area contributed by atoms with Crippen molar-refractivity contribution < 1.29 is 0 Å². The second-order valence-corrected chi connectivity index (χ2v) is 9.49. The molecule has 1 atom stereocenters. The second-order valence-electron chi connectivity index (χ2n) is 8.54. The molecule has 1 aromatic heterocycles. The van der Waals surface area contributed by atoms with Crippen LogP contribution in [-0.4, -0.2) is 14.8 Å². The summed E-state index contributed by atoms with van der Waals surface area (Å²) in [7, 11) is 0. The van der Waals surface area contributed by atoms with Crippen molar-refractivity contribution >= 4 is 11.8 Å². The van der Waals surface area contributed by atoms with Gasteiger partial charge in [0.2, 0.25) is 0 Å². The van der Waals surface area contributed by atoms with Crippen LogP contribution < -0.4 is 5.73 Å². The third-order valence-corrected chi connectivity index (χ3v) is 6.09. The Morgan fingerprint density at radius 1 is 0.966 bits per heavy atom. The van der Waals surface area contributed by atoms with E-state index in [0.29, 0.717) is 0 Å². The van der Waals surface area contributed by atoms with E-state index in [1.165, 1.54) is 16.7 Å². The van der Waals surface area contributed by atoms with Crippen LogP contribution in [0.4, 0.5) is 0 Å². The van der Waals surface area contributed by atoms with Gasteiger partial charge in [-0.1, -0.05) is 100 Å². The summed E-state index contributed by atoms with van der Waals surface area (Å²) in [5.41, 5.74) is 10.4. The van der Waals surface area contributed by atoms with E-state index < -0.39 is 0 Å². The van der Waals surface area contributed by atoms with Crippen molar-refractivity contribution in [2.24, 2.45) is 5.73 Å². The predicted octanol–water partition coefficient (Wildman–Crippen LogP) is 5.72. The molecular weight excluding hydrogens is 376 g/mol. The molecule has 0 saturated heterocycles. The summed E-state index contributed by atoms with van der Waals surface area (Å²) in [6.07, 6.45) is 1.94. The van der Waals surface area contributed by atoms with Gasteiger partial charge in [-0.2, -0.15) is 0 Å². The lowest BCUT2D eigenvalue weighted by Crippen LogP contribution is -2.17. The Morgan fingerprint density at radius 2 is 1.66 bits per heavy atom. The van der Waals surface area contributed by atoms with Crippen molar-refractivity contribution in [3.63, 3.8) is 0 Å². The van der Waals surface area contributed by atoms with E-state index in [1.54, 1.807) is 11.8 Å². The molecule has 154 valence electrons. The van der Waals surface area contributed by atoms with Crippen LogP contribution in [0.3, 0.4) is 0 Å². The quantitative estimate of drug-likeness (QED) is 0.485. The maximum atomic E-state index is 6.41. The SMILES string of the molecule is CCCC(N)c1nnc(SCc2ccc(C(C)(C)C)cc2)n1Cc1ccccc1. The Labute approximate surface area is 178 Å². The molecule has 3 aromatic rings. The summed E-state index contributed by atoms with van der Waals surface area (Å²) < 4.78 is 2.18. The van der Waals surface area contributed by atoms with Crippen LogP contribution in [0, 0.1) is 0 Å². The average molecular weight is 409 g/mol. The molecule has 0 bridgehead atoms. The lowest BCUT2D eigenvalue weighted by molar-refractivity contribution is 0.552. The minimum Gasteiger partial charge on any atom is -0.321 e. The van der Waals surface area contributed by atoms with Gasteiger partial charge in [0, 0.05) is 5.75 Å². The van der Waals surface area contributed by atoms with E-state index >= 15 is 0 Å². The first-order valence-electron chi connectivity index (χ1n) is 10.3. The van der Waals surface area contributed by atoms with Crippen LogP contribution in [0.5, 0.6) is 0 Å². The van der Waals surface area contributed by atoms with Gasteiger partial charge in [-0.3, -0.25) is 0 Å². The van der Waals surface area contributed by atoms with Crippen molar-refractivity contribution in [1.29, 1.82) is 0 Å². The summed E-state index contributed by atoms with van der Waals surface area (Å²) in [5.74, 6) is 1.74. The van der Waals surface area contributed by atoms with Gasteiger partial charge in [0.05, 0.1) is 12.6 Å². The van der Waals surface area contributed by atoms with Crippen molar-refractivity contribution in [1.82, 2.24) is 14.8 Å². The monoisotopic (exact) mass is 408 g/mol. The van der Waals surface area contributed by atoms with Crippen LogP contribution in [0.25, 0.3) is 0 Å². The number of nitrogens with two attached hydrogens (primary N) is 1. The number of thioether (sulfide) groups is 1. The average Bonchev–Trinajstić information content (AvgIpc) is 3.09. The highest BCUT2D eigenvalue weighted by Gasteiger charge is 2.19. The number of aromatic nitrogens is 3. The van der Waals surface area contributed by atoms with Gasteiger partial charge in [0.25, 0.3) is 0 Å². The van der Waals surface area contributed by atoms with Gasteiger partial charge in [-0.05, 0) is 28.5 Å². The van der Waals surface area contributed by atoms with Crippen LogP contribution in [0.2, 0.25) is 0 Å². The van der Waals surface area contributed by atoms with E-state index in [4.69, 9.17) is 5.73 Å². The summed E-state index contributed by atoms with van der Waals surface area (Å²) >= 11 is 1.72. The maximum absolute atomic E-state index is 6.41. The Balaban J connectivity index is 1.79. The first-order valence-corrected chi connectivity index (χ1v) is 11.3. The predicted molar refractivity (Wildman–Crippen MR) is 122 cm³/mol. The topological polar surface area (TPSA) is 56.7 Å². The molecule has 1 heterocycles. The molecule has 29 heavy (non-hydrogen) atoms. The molecule has 0 spiro atoms. The summed E-state index contributed by atoms with van der Waals surface area (Å²) in [5, 5.41) is 9.87. The van der Waals surface area contributed by atoms with Crippen LogP contribution >= 0.6 is 11.8 Å². The highest BCUT2D eigenvalue weighted by molar-refractivity contribution is 7.98.